The first-order valence-electron chi connectivity index (χ1n) is 6.56. The number of nitrogens with zero attached hydrogens (tertiary/aromatic N) is 2. The van der Waals surface area contributed by atoms with Crippen molar-refractivity contribution in [2.75, 3.05) is 32.7 Å². The molecule has 102 valence electrons. The van der Waals surface area contributed by atoms with Crippen molar-refractivity contribution in [3.63, 3.8) is 0 Å². The van der Waals surface area contributed by atoms with Crippen molar-refractivity contribution in [3.8, 4) is 12.3 Å². The minimum atomic E-state index is -0.424. The summed E-state index contributed by atoms with van der Waals surface area (Å²) in [5.41, 5.74) is -0.424. The Kier molecular flexibility index (Phi) is 5.49. The van der Waals surface area contributed by atoms with Gasteiger partial charge in [0.25, 0.3) is 0 Å². The second kappa shape index (κ2) is 6.65. The Morgan fingerprint density at radius 2 is 2.00 bits per heavy atom. The molecule has 18 heavy (non-hydrogen) atoms. The van der Waals surface area contributed by atoms with Crippen LogP contribution < -0.4 is 0 Å². The third kappa shape index (κ3) is 5.42. The number of carbonyl (C=O) groups excluding carboxylic acids is 1. The molecular weight excluding hydrogens is 228 g/mol. The predicted octanol–water partition coefficient (Wildman–Crippen LogP) is 1.95. The average Bonchev–Trinajstić information content (AvgIpc) is 2.49. The summed E-state index contributed by atoms with van der Waals surface area (Å²) in [7, 11) is 0. The second-order valence-electron chi connectivity index (χ2n) is 5.62. The van der Waals surface area contributed by atoms with Crippen LogP contribution in [0.2, 0.25) is 0 Å². The van der Waals surface area contributed by atoms with Gasteiger partial charge in [0.2, 0.25) is 0 Å². The smallest absolute Gasteiger partial charge is 0.410 e. The second-order valence-corrected chi connectivity index (χ2v) is 5.62. The molecule has 1 rings (SSSR count). The van der Waals surface area contributed by atoms with Gasteiger partial charge in [-0.05, 0) is 33.7 Å². The number of hydrogen-bond acceptors (Lipinski definition) is 3. The molecule has 0 unspecified atom stereocenters. The molecule has 1 amide bonds. The number of ether oxygens (including phenoxy) is 1. The van der Waals surface area contributed by atoms with Crippen LogP contribution in [0.15, 0.2) is 0 Å². The zero-order valence-corrected chi connectivity index (χ0v) is 11.7. The van der Waals surface area contributed by atoms with E-state index >= 15 is 0 Å². The van der Waals surface area contributed by atoms with Crippen LogP contribution in [-0.2, 0) is 4.74 Å². The summed E-state index contributed by atoms with van der Waals surface area (Å²) >= 11 is 0. The summed E-state index contributed by atoms with van der Waals surface area (Å²) in [6, 6.07) is 0. The first kappa shape index (κ1) is 14.8. The molecule has 4 nitrogen and oxygen atoms in total. The van der Waals surface area contributed by atoms with Crippen molar-refractivity contribution in [1.29, 1.82) is 0 Å². The first-order valence-corrected chi connectivity index (χ1v) is 6.56. The SMILES string of the molecule is C#CCCN1CCCN(C(=O)OC(C)(C)C)CC1. The number of carbonyl (C=O) groups is 1. The van der Waals surface area contributed by atoms with Gasteiger partial charge in [-0.15, -0.1) is 12.3 Å². The van der Waals surface area contributed by atoms with Crippen LogP contribution in [0.1, 0.15) is 33.6 Å². The van der Waals surface area contributed by atoms with Gasteiger partial charge in [0.05, 0.1) is 0 Å². The highest BCUT2D eigenvalue weighted by molar-refractivity contribution is 5.68. The van der Waals surface area contributed by atoms with Crippen LogP contribution >= 0.6 is 0 Å². The van der Waals surface area contributed by atoms with Gasteiger partial charge in [-0.1, -0.05) is 0 Å². The van der Waals surface area contributed by atoms with E-state index in [1.165, 1.54) is 0 Å². The van der Waals surface area contributed by atoms with Crippen molar-refractivity contribution in [2.24, 2.45) is 0 Å². The van der Waals surface area contributed by atoms with E-state index in [1.54, 1.807) is 4.90 Å². The Hall–Kier alpha value is -1.21. The maximum Gasteiger partial charge on any atom is 0.410 e. The van der Waals surface area contributed by atoms with Gasteiger partial charge in [0.1, 0.15) is 5.60 Å². The molecule has 0 N–H and O–H groups in total. The van der Waals surface area contributed by atoms with E-state index in [-0.39, 0.29) is 6.09 Å². The Morgan fingerprint density at radius 3 is 2.61 bits per heavy atom. The molecule has 4 heteroatoms. The van der Waals surface area contributed by atoms with Gasteiger partial charge in [0.15, 0.2) is 0 Å². The van der Waals surface area contributed by atoms with E-state index in [0.29, 0.717) is 0 Å². The van der Waals surface area contributed by atoms with Gasteiger partial charge < -0.3 is 14.5 Å². The number of hydrogen-bond donors (Lipinski definition) is 0. The fourth-order valence-corrected chi connectivity index (χ4v) is 1.93. The quantitative estimate of drug-likeness (QED) is 0.704. The molecule has 1 fully saturated rings. The predicted molar refractivity (Wildman–Crippen MR) is 72.3 cm³/mol. The summed E-state index contributed by atoms with van der Waals surface area (Å²) in [6.45, 7) is 9.95. The molecule has 0 aromatic carbocycles. The Morgan fingerprint density at radius 1 is 1.28 bits per heavy atom. The molecule has 0 aromatic rings. The molecule has 0 aliphatic carbocycles. The first-order chi connectivity index (χ1) is 8.42. The molecule has 1 aliphatic rings. The lowest BCUT2D eigenvalue weighted by molar-refractivity contribution is 0.0258. The molecule has 1 aliphatic heterocycles. The molecule has 0 atom stereocenters. The summed E-state index contributed by atoms with van der Waals surface area (Å²) in [4.78, 5) is 16.0. The highest BCUT2D eigenvalue weighted by Gasteiger charge is 2.24. The van der Waals surface area contributed by atoms with Crippen molar-refractivity contribution in [2.45, 2.75) is 39.2 Å². The molecule has 0 saturated carbocycles. The van der Waals surface area contributed by atoms with Crippen molar-refractivity contribution in [1.82, 2.24) is 9.80 Å². The Bertz CT molecular complexity index is 315. The highest BCUT2D eigenvalue weighted by Crippen LogP contribution is 2.12. The maximum absolute atomic E-state index is 11.9. The van der Waals surface area contributed by atoms with Crippen LogP contribution in [0.25, 0.3) is 0 Å². The van der Waals surface area contributed by atoms with Gasteiger partial charge in [-0.3, -0.25) is 0 Å². The van der Waals surface area contributed by atoms with Gasteiger partial charge >= 0.3 is 6.09 Å². The number of terminal acetylenes is 1. The Labute approximate surface area is 110 Å². The standard InChI is InChI=1S/C14H24N2O2/c1-5-6-8-15-9-7-10-16(12-11-15)13(17)18-14(2,3)4/h1H,6-12H2,2-4H3. The van der Waals surface area contributed by atoms with Gasteiger partial charge in [-0.25, -0.2) is 4.79 Å². The zero-order chi connectivity index (χ0) is 13.6. The molecule has 0 spiro atoms. The fourth-order valence-electron chi connectivity index (χ4n) is 1.93. The normalized spacial score (nSPS) is 18.0. The van der Waals surface area contributed by atoms with E-state index in [9.17, 15) is 4.79 Å². The molecule has 1 saturated heterocycles. The van der Waals surface area contributed by atoms with E-state index in [2.05, 4.69) is 10.8 Å². The summed E-state index contributed by atoms with van der Waals surface area (Å²) in [5, 5.41) is 0. The van der Waals surface area contributed by atoms with E-state index in [4.69, 9.17) is 11.2 Å². The number of amides is 1. The summed E-state index contributed by atoms with van der Waals surface area (Å²) in [6.07, 6.45) is 6.81. The van der Waals surface area contributed by atoms with Crippen molar-refractivity contribution < 1.29 is 9.53 Å². The van der Waals surface area contributed by atoms with Crippen LogP contribution in [0.3, 0.4) is 0 Å². The van der Waals surface area contributed by atoms with Gasteiger partial charge in [-0.2, -0.15) is 0 Å². The topological polar surface area (TPSA) is 32.8 Å². The van der Waals surface area contributed by atoms with Crippen LogP contribution in [0, 0.1) is 12.3 Å². The lowest BCUT2D eigenvalue weighted by Gasteiger charge is -2.26. The van der Waals surface area contributed by atoms with Crippen LogP contribution in [0.4, 0.5) is 4.79 Å². The molecular formula is C14H24N2O2. The minimum Gasteiger partial charge on any atom is -0.444 e. The Balaban J connectivity index is 2.42. The van der Waals surface area contributed by atoms with Crippen molar-refractivity contribution >= 4 is 6.09 Å². The molecule has 0 bridgehead atoms. The number of rotatable bonds is 2. The molecule has 1 heterocycles. The van der Waals surface area contributed by atoms with E-state index in [1.807, 2.05) is 20.8 Å². The third-order valence-electron chi connectivity index (χ3n) is 2.81. The van der Waals surface area contributed by atoms with Gasteiger partial charge in [0, 0.05) is 32.6 Å². The van der Waals surface area contributed by atoms with E-state index < -0.39 is 5.60 Å². The zero-order valence-electron chi connectivity index (χ0n) is 11.7. The van der Waals surface area contributed by atoms with Crippen LogP contribution in [0.5, 0.6) is 0 Å². The average molecular weight is 252 g/mol. The highest BCUT2D eigenvalue weighted by atomic mass is 16.6. The largest absolute Gasteiger partial charge is 0.444 e. The molecule has 0 radical (unpaired) electrons. The van der Waals surface area contributed by atoms with Crippen molar-refractivity contribution in [3.05, 3.63) is 0 Å². The minimum absolute atomic E-state index is 0.207. The van der Waals surface area contributed by atoms with Crippen LogP contribution in [-0.4, -0.2) is 54.2 Å². The summed E-state index contributed by atoms with van der Waals surface area (Å²) < 4.78 is 5.39. The fraction of sp³-hybridized carbons (Fsp3) is 0.786. The lowest BCUT2D eigenvalue weighted by Crippen LogP contribution is -2.39. The molecule has 0 aromatic heterocycles. The third-order valence-corrected chi connectivity index (χ3v) is 2.81. The van der Waals surface area contributed by atoms with E-state index in [0.717, 1.165) is 45.6 Å². The summed E-state index contributed by atoms with van der Waals surface area (Å²) in [5.74, 6) is 2.65. The monoisotopic (exact) mass is 252 g/mol. The maximum atomic E-state index is 11.9. The lowest BCUT2D eigenvalue weighted by atomic mass is 10.2.